The van der Waals surface area contributed by atoms with E-state index in [4.69, 9.17) is 9.47 Å². The number of nitrogens with zero attached hydrogens (tertiary/aromatic N) is 2. The molecule has 0 unspecified atom stereocenters. The molecule has 0 bridgehead atoms. The minimum atomic E-state index is -0.316. The molecule has 0 amide bonds. The van der Waals surface area contributed by atoms with Crippen LogP contribution in [0.3, 0.4) is 0 Å². The Bertz CT molecular complexity index is 328. The van der Waals surface area contributed by atoms with E-state index in [2.05, 4.69) is 10.2 Å². The topological polar surface area (TPSA) is 67.5 Å². The highest BCUT2D eigenvalue weighted by Crippen LogP contribution is 2.05. The van der Waals surface area contributed by atoms with E-state index in [9.17, 15) is 4.79 Å². The minimum absolute atomic E-state index is 0.220. The van der Waals surface area contributed by atoms with E-state index in [0.717, 1.165) is 0 Å². The van der Waals surface area contributed by atoms with Crippen molar-refractivity contribution in [3.05, 3.63) is 22.5 Å². The van der Waals surface area contributed by atoms with Crippen LogP contribution in [0, 0.1) is 0 Å². The molecule has 1 aromatic heterocycles. The molecule has 0 aliphatic rings. The van der Waals surface area contributed by atoms with Crippen molar-refractivity contribution in [2.24, 2.45) is 0 Å². The molecular formula is C9H15N3O3. The van der Waals surface area contributed by atoms with Crippen LogP contribution in [0.5, 0.6) is 0 Å². The second-order valence-corrected chi connectivity index (χ2v) is 3.06. The highest BCUT2D eigenvalue weighted by atomic mass is 16.7. The second kappa shape index (κ2) is 5.47. The standard InChI is InChI=1S/C9H15N3O3/c1-12(6-9(14-2)15-3)7-4-5-8(13)11-10-7/h4-5,9H,6H2,1-3H3,(H,11,13). The lowest BCUT2D eigenvalue weighted by Crippen LogP contribution is -2.32. The molecule has 15 heavy (non-hydrogen) atoms. The van der Waals surface area contributed by atoms with Crippen molar-refractivity contribution < 1.29 is 9.47 Å². The molecule has 0 aliphatic heterocycles. The van der Waals surface area contributed by atoms with Gasteiger partial charge in [-0.1, -0.05) is 0 Å². The average Bonchev–Trinajstić information content (AvgIpc) is 2.26. The van der Waals surface area contributed by atoms with Crippen LogP contribution in [-0.4, -0.2) is 44.3 Å². The van der Waals surface area contributed by atoms with E-state index in [1.807, 2.05) is 11.9 Å². The molecule has 6 heteroatoms. The third-order valence-corrected chi connectivity index (χ3v) is 2.00. The van der Waals surface area contributed by atoms with Crippen LogP contribution in [-0.2, 0) is 9.47 Å². The molecule has 1 aromatic rings. The summed E-state index contributed by atoms with van der Waals surface area (Å²) in [5.74, 6) is 0.661. The summed E-state index contributed by atoms with van der Waals surface area (Å²) in [6.07, 6.45) is -0.316. The average molecular weight is 213 g/mol. The van der Waals surface area contributed by atoms with E-state index < -0.39 is 0 Å². The molecule has 0 atom stereocenters. The van der Waals surface area contributed by atoms with E-state index in [0.29, 0.717) is 12.4 Å². The number of anilines is 1. The Balaban J connectivity index is 2.64. The molecule has 1 N–H and O–H groups in total. The first-order chi connectivity index (χ1) is 7.17. The van der Waals surface area contributed by atoms with Gasteiger partial charge in [0, 0.05) is 27.3 Å². The van der Waals surface area contributed by atoms with Crippen molar-refractivity contribution in [3.63, 3.8) is 0 Å². The molecule has 0 fully saturated rings. The quantitative estimate of drug-likeness (QED) is 0.687. The fourth-order valence-corrected chi connectivity index (χ4v) is 1.11. The number of hydrogen-bond donors (Lipinski definition) is 1. The summed E-state index contributed by atoms with van der Waals surface area (Å²) in [4.78, 5) is 12.6. The van der Waals surface area contributed by atoms with Crippen molar-refractivity contribution in [2.45, 2.75) is 6.29 Å². The third-order valence-electron chi connectivity index (χ3n) is 2.00. The number of aromatic amines is 1. The lowest BCUT2D eigenvalue weighted by molar-refractivity contribution is -0.0945. The highest BCUT2D eigenvalue weighted by molar-refractivity contribution is 5.34. The van der Waals surface area contributed by atoms with Gasteiger partial charge in [-0.15, -0.1) is 0 Å². The SMILES string of the molecule is COC(CN(C)c1ccc(=O)[nH]n1)OC. The van der Waals surface area contributed by atoms with Gasteiger partial charge in [-0.05, 0) is 6.07 Å². The second-order valence-electron chi connectivity index (χ2n) is 3.06. The summed E-state index contributed by atoms with van der Waals surface area (Å²) < 4.78 is 10.1. The summed E-state index contributed by atoms with van der Waals surface area (Å²) in [6.45, 7) is 0.534. The first kappa shape index (κ1) is 11.7. The van der Waals surface area contributed by atoms with Crippen LogP contribution in [0.4, 0.5) is 5.82 Å². The zero-order chi connectivity index (χ0) is 11.3. The Hall–Kier alpha value is -1.40. The van der Waals surface area contributed by atoms with Crippen molar-refractivity contribution in [1.29, 1.82) is 0 Å². The normalized spacial score (nSPS) is 10.7. The lowest BCUT2D eigenvalue weighted by atomic mass is 10.4. The van der Waals surface area contributed by atoms with Crippen LogP contribution in [0.1, 0.15) is 0 Å². The molecule has 0 aliphatic carbocycles. The van der Waals surface area contributed by atoms with E-state index in [1.165, 1.54) is 6.07 Å². The number of H-pyrrole nitrogens is 1. The zero-order valence-electron chi connectivity index (χ0n) is 9.06. The minimum Gasteiger partial charge on any atom is -0.354 e. The first-order valence-corrected chi connectivity index (χ1v) is 4.50. The van der Waals surface area contributed by atoms with Crippen LogP contribution in [0.15, 0.2) is 16.9 Å². The predicted octanol–water partition coefficient (Wildman–Crippen LogP) is -0.175. The maximum Gasteiger partial charge on any atom is 0.264 e. The van der Waals surface area contributed by atoms with Crippen molar-refractivity contribution in [2.75, 3.05) is 32.7 Å². The molecule has 84 valence electrons. The summed E-state index contributed by atoms with van der Waals surface area (Å²) in [6, 6.07) is 3.06. The molecule has 0 saturated heterocycles. The molecular weight excluding hydrogens is 198 g/mol. The number of aromatic nitrogens is 2. The molecule has 0 spiro atoms. The molecule has 0 radical (unpaired) electrons. The summed E-state index contributed by atoms with van der Waals surface area (Å²) in [5, 5.41) is 6.24. The number of rotatable bonds is 5. The van der Waals surface area contributed by atoms with Crippen molar-refractivity contribution >= 4 is 5.82 Å². The van der Waals surface area contributed by atoms with E-state index in [-0.39, 0.29) is 11.8 Å². The Morgan fingerprint density at radius 2 is 2.13 bits per heavy atom. The van der Waals surface area contributed by atoms with Gasteiger partial charge in [0.2, 0.25) is 0 Å². The fourth-order valence-electron chi connectivity index (χ4n) is 1.11. The number of likely N-dealkylation sites (N-methyl/N-ethyl adjacent to an activating group) is 1. The van der Waals surface area contributed by atoms with Gasteiger partial charge in [-0.3, -0.25) is 4.79 Å². The first-order valence-electron chi connectivity index (χ1n) is 4.50. The summed E-state index contributed by atoms with van der Waals surface area (Å²) in [5.41, 5.74) is -0.220. The summed E-state index contributed by atoms with van der Waals surface area (Å²) >= 11 is 0. The van der Waals surface area contributed by atoms with Gasteiger partial charge in [0.15, 0.2) is 6.29 Å². The lowest BCUT2D eigenvalue weighted by Gasteiger charge is -2.22. The summed E-state index contributed by atoms with van der Waals surface area (Å²) in [7, 11) is 4.98. The van der Waals surface area contributed by atoms with Gasteiger partial charge in [0.1, 0.15) is 5.82 Å². The maximum atomic E-state index is 10.8. The fraction of sp³-hybridized carbons (Fsp3) is 0.556. The molecule has 1 rings (SSSR count). The predicted molar refractivity (Wildman–Crippen MR) is 55.9 cm³/mol. The van der Waals surface area contributed by atoms with E-state index >= 15 is 0 Å². The van der Waals surface area contributed by atoms with Crippen molar-refractivity contribution in [3.8, 4) is 0 Å². The smallest absolute Gasteiger partial charge is 0.264 e. The van der Waals surface area contributed by atoms with Crippen LogP contribution in [0.25, 0.3) is 0 Å². The van der Waals surface area contributed by atoms with Gasteiger partial charge >= 0.3 is 0 Å². The zero-order valence-corrected chi connectivity index (χ0v) is 9.06. The van der Waals surface area contributed by atoms with Gasteiger partial charge in [-0.2, -0.15) is 5.10 Å². The maximum absolute atomic E-state index is 10.8. The Morgan fingerprint density at radius 3 is 2.60 bits per heavy atom. The molecule has 0 aromatic carbocycles. The van der Waals surface area contributed by atoms with Crippen LogP contribution >= 0.6 is 0 Å². The molecule has 6 nitrogen and oxygen atoms in total. The van der Waals surface area contributed by atoms with Gasteiger partial charge < -0.3 is 14.4 Å². The van der Waals surface area contributed by atoms with Crippen molar-refractivity contribution in [1.82, 2.24) is 10.2 Å². The van der Waals surface area contributed by atoms with E-state index in [1.54, 1.807) is 20.3 Å². The number of hydrogen-bond acceptors (Lipinski definition) is 5. The Labute approximate surface area is 87.8 Å². The number of nitrogens with one attached hydrogen (secondary N) is 1. The van der Waals surface area contributed by atoms with Gasteiger partial charge in [0.25, 0.3) is 5.56 Å². The van der Waals surface area contributed by atoms with Gasteiger partial charge in [0.05, 0.1) is 6.54 Å². The Kier molecular flexibility index (Phi) is 4.26. The molecule has 0 saturated carbocycles. The van der Waals surface area contributed by atoms with Crippen LogP contribution < -0.4 is 10.5 Å². The van der Waals surface area contributed by atoms with Gasteiger partial charge in [-0.25, -0.2) is 5.10 Å². The molecule has 1 heterocycles. The number of methoxy groups -OCH3 is 2. The van der Waals surface area contributed by atoms with Crippen LogP contribution in [0.2, 0.25) is 0 Å². The Morgan fingerprint density at radius 1 is 1.47 bits per heavy atom. The largest absolute Gasteiger partial charge is 0.354 e. The monoisotopic (exact) mass is 213 g/mol. The third kappa shape index (κ3) is 3.34. The highest BCUT2D eigenvalue weighted by Gasteiger charge is 2.10. The number of ether oxygens (including phenoxy) is 2.